The lowest BCUT2D eigenvalue weighted by Gasteiger charge is -2.13. The predicted molar refractivity (Wildman–Crippen MR) is 204 cm³/mol. The molecule has 3 heterocycles. The van der Waals surface area contributed by atoms with Crippen LogP contribution in [0.2, 0.25) is 0 Å². The molecule has 0 amide bonds. The van der Waals surface area contributed by atoms with Crippen LogP contribution >= 0.6 is 0 Å². The summed E-state index contributed by atoms with van der Waals surface area (Å²) in [6, 6.07) is 58.7. The predicted octanol–water partition coefficient (Wildman–Crippen LogP) is 12.6. The molecule has 0 saturated carbocycles. The SMILES string of the molecule is c1ccc(-c2cc(-c3ccc4oc5ccccc5c4c3)cc(-c3cc(-c4ccccc4)nc(-c4ccc5oc6ccccc6c5c4)n3)c2)cc1. The van der Waals surface area contributed by atoms with Crippen molar-refractivity contribution in [2.45, 2.75) is 0 Å². The van der Waals surface area contributed by atoms with Crippen LogP contribution in [0.1, 0.15) is 0 Å². The van der Waals surface area contributed by atoms with Crippen LogP contribution in [0.5, 0.6) is 0 Å². The molecule has 0 aliphatic rings. The standard InChI is InChI=1S/C46H28N2O2/c1-3-11-29(12-4-1)33-23-34(31-19-21-44-38(26-31)36-15-7-9-17-42(36)49-44)25-35(24-33)41-28-40(30-13-5-2-6-14-30)47-46(48-41)32-20-22-45-39(27-32)37-16-8-10-18-43(37)50-45/h1-28H. The molecule has 3 aromatic heterocycles. The van der Waals surface area contributed by atoms with Crippen LogP contribution in [-0.4, -0.2) is 9.97 Å². The molecule has 50 heavy (non-hydrogen) atoms. The van der Waals surface area contributed by atoms with E-state index in [0.717, 1.165) is 94.2 Å². The van der Waals surface area contributed by atoms with Crippen LogP contribution in [0.3, 0.4) is 0 Å². The number of hydrogen-bond donors (Lipinski definition) is 0. The summed E-state index contributed by atoms with van der Waals surface area (Å²) in [4.78, 5) is 10.4. The molecule has 0 saturated heterocycles. The fourth-order valence-corrected chi connectivity index (χ4v) is 6.99. The van der Waals surface area contributed by atoms with E-state index in [4.69, 9.17) is 18.8 Å². The topological polar surface area (TPSA) is 52.1 Å². The van der Waals surface area contributed by atoms with Crippen LogP contribution in [0.15, 0.2) is 179 Å². The second-order valence-electron chi connectivity index (χ2n) is 12.6. The van der Waals surface area contributed by atoms with E-state index in [0.29, 0.717) is 5.82 Å². The van der Waals surface area contributed by atoms with E-state index in [2.05, 4.69) is 115 Å². The molecule has 0 radical (unpaired) electrons. The van der Waals surface area contributed by atoms with Crippen molar-refractivity contribution in [1.82, 2.24) is 9.97 Å². The van der Waals surface area contributed by atoms with E-state index in [1.165, 1.54) is 0 Å². The maximum Gasteiger partial charge on any atom is 0.160 e. The third-order valence-electron chi connectivity index (χ3n) is 9.48. The Morgan fingerprint density at radius 3 is 1.38 bits per heavy atom. The van der Waals surface area contributed by atoms with Gasteiger partial charge >= 0.3 is 0 Å². The van der Waals surface area contributed by atoms with Crippen molar-refractivity contribution in [3.63, 3.8) is 0 Å². The molecule has 0 spiro atoms. The molecule has 0 N–H and O–H groups in total. The van der Waals surface area contributed by atoms with Gasteiger partial charge in [0.05, 0.1) is 11.4 Å². The highest BCUT2D eigenvalue weighted by Gasteiger charge is 2.16. The molecule has 4 heteroatoms. The Hall–Kier alpha value is -6.78. The minimum absolute atomic E-state index is 0.659. The Morgan fingerprint density at radius 1 is 0.280 bits per heavy atom. The Kier molecular flexibility index (Phi) is 6.46. The van der Waals surface area contributed by atoms with Gasteiger partial charge in [-0.2, -0.15) is 0 Å². The molecule has 10 rings (SSSR count). The molecule has 0 fully saturated rings. The van der Waals surface area contributed by atoms with Gasteiger partial charge in [0, 0.05) is 38.2 Å². The summed E-state index contributed by atoms with van der Waals surface area (Å²) in [5, 5.41) is 4.33. The van der Waals surface area contributed by atoms with Crippen LogP contribution in [0.25, 0.3) is 100 Å². The van der Waals surface area contributed by atoms with Crippen LogP contribution in [0, 0.1) is 0 Å². The van der Waals surface area contributed by atoms with E-state index < -0.39 is 0 Å². The van der Waals surface area contributed by atoms with Crippen molar-refractivity contribution in [2.75, 3.05) is 0 Å². The van der Waals surface area contributed by atoms with Gasteiger partial charge in [0.15, 0.2) is 5.82 Å². The van der Waals surface area contributed by atoms with Gasteiger partial charge < -0.3 is 8.83 Å². The van der Waals surface area contributed by atoms with Gasteiger partial charge in [0.25, 0.3) is 0 Å². The first kappa shape index (κ1) is 28.3. The molecule has 0 aliphatic heterocycles. The lowest BCUT2D eigenvalue weighted by atomic mass is 9.94. The Balaban J connectivity index is 1.19. The fraction of sp³-hybridized carbons (Fsp3) is 0. The highest BCUT2D eigenvalue weighted by molar-refractivity contribution is 6.07. The number of rotatable bonds is 5. The molecule has 234 valence electrons. The number of nitrogens with zero attached hydrogens (tertiary/aromatic N) is 2. The molecular formula is C46H28N2O2. The first-order chi connectivity index (χ1) is 24.7. The van der Waals surface area contributed by atoms with Crippen LogP contribution in [-0.2, 0) is 0 Å². The summed E-state index contributed by atoms with van der Waals surface area (Å²) in [5.41, 5.74) is 12.6. The van der Waals surface area contributed by atoms with Gasteiger partial charge in [-0.25, -0.2) is 9.97 Å². The maximum absolute atomic E-state index is 6.16. The lowest BCUT2D eigenvalue weighted by Crippen LogP contribution is -1.96. The van der Waals surface area contributed by atoms with Crippen molar-refractivity contribution in [2.24, 2.45) is 0 Å². The highest BCUT2D eigenvalue weighted by Crippen LogP contribution is 2.38. The molecule has 0 atom stereocenters. The number of para-hydroxylation sites is 2. The highest BCUT2D eigenvalue weighted by atomic mass is 16.3. The number of fused-ring (bicyclic) bond motifs is 6. The third-order valence-corrected chi connectivity index (χ3v) is 9.48. The monoisotopic (exact) mass is 640 g/mol. The van der Waals surface area contributed by atoms with Crippen LogP contribution < -0.4 is 0 Å². The average Bonchev–Trinajstić information content (AvgIpc) is 3.76. The van der Waals surface area contributed by atoms with Crippen LogP contribution in [0.4, 0.5) is 0 Å². The van der Waals surface area contributed by atoms with E-state index in [1.54, 1.807) is 0 Å². The molecule has 0 unspecified atom stereocenters. The van der Waals surface area contributed by atoms with Crippen molar-refractivity contribution in [3.05, 3.63) is 170 Å². The summed E-state index contributed by atoms with van der Waals surface area (Å²) in [6.45, 7) is 0. The number of hydrogen-bond acceptors (Lipinski definition) is 4. The smallest absolute Gasteiger partial charge is 0.160 e. The number of furan rings is 2. The molecule has 0 bridgehead atoms. The zero-order chi connectivity index (χ0) is 33.0. The van der Waals surface area contributed by atoms with Gasteiger partial charge in [-0.1, -0.05) is 103 Å². The average molecular weight is 641 g/mol. The Morgan fingerprint density at radius 2 is 0.740 bits per heavy atom. The van der Waals surface area contributed by atoms with E-state index >= 15 is 0 Å². The Labute approximate surface area is 287 Å². The maximum atomic E-state index is 6.16. The fourth-order valence-electron chi connectivity index (χ4n) is 6.99. The van der Waals surface area contributed by atoms with Gasteiger partial charge in [0.2, 0.25) is 0 Å². The van der Waals surface area contributed by atoms with Crippen molar-refractivity contribution in [3.8, 4) is 56.2 Å². The second-order valence-corrected chi connectivity index (χ2v) is 12.6. The van der Waals surface area contributed by atoms with Gasteiger partial charge in [0.1, 0.15) is 22.3 Å². The van der Waals surface area contributed by atoms with Gasteiger partial charge in [-0.05, 0) is 89.0 Å². The largest absolute Gasteiger partial charge is 0.456 e. The quantitative estimate of drug-likeness (QED) is 0.188. The van der Waals surface area contributed by atoms with E-state index in [9.17, 15) is 0 Å². The minimum Gasteiger partial charge on any atom is -0.456 e. The molecule has 7 aromatic carbocycles. The van der Waals surface area contributed by atoms with Crippen molar-refractivity contribution in [1.29, 1.82) is 0 Å². The number of aromatic nitrogens is 2. The summed E-state index contributed by atoms with van der Waals surface area (Å²) in [7, 11) is 0. The second kappa shape index (κ2) is 11.4. The first-order valence-corrected chi connectivity index (χ1v) is 16.7. The normalized spacial score (nSPS) is 11.6. The summed E-state index contributed by atoms with van der Waals surface area (Å²) < 4.78 is 12.3. The minimum atomic E-state index is 0.659. The molecular weight excluding hydrogens is 613 g/mol. The van der Waals surface area contributed by atoms with Crippen molar-refractivity contribution >= 4 is 43.9 Å². The Bertz CT molecular complexity index is 2670. The van der Waals surface area contributed by atoms with Gasteiger partial charge in [-0.15, -0.1) is 0 Å². The summed E-state index contributed by atoms with van der Waals surface area (Å²) in [6.07, 6.45) is 0. The lowest BCUT2D eigenvalue weighted by molar-refractivity contribution is 0.668. The zero-order valence-corrected chi connectivity index (χ0v) is 26.9. The molecule has 4 nitrogen and oxygen atoms in total. The summed E-state index contributed by atoms with van der Waals surface area (Å²) in [5.74, 6) is 0.659. The number of benzene rings is 7. The third kappa shape index (κ3) is 4.85. The van der Waals surface area contributed by atoms with Gasteiger partial charge in [-0.3, -0.25) is 0 Å². The zero-order valence-electron chi connectivity index (χ0n) is 26.9. The van der Waals surface area contributed by atoms with E-state index in [-0.39, 0.29) is 0 Å². The van der Waals surface area contributed by atoms with Crippen molar-refractivity contribution < 1.29 is 8.83 Å². The molecule has 0 aliphatic carbocycles. The molecule has 10 aromatic rings. The first-order valence-electron chi connectivity index (χ1n) is 16.7. The summed E-state index contributed by atoms with van der Waals surface area (Å²) >= 11 is 0. The van der Waals surface area contributed by atoms with E-state index in [1.807, 2.05) is 54.6 Å².